The van der Waals surface area contributed by atoms with Crippen LogP contribution in [-0.4, -0.2) is 29.7 Å². The van der Waals surface area contributed by atoms with Crippen LogP contribution in [0.4, 0.5) is 4.79 Å². The third kappa shape index (κ3) is 3.11. The fourth-order valence-electron chi connectivity index (χ4n) is 1.38. The van der Waals surface area contributed by atoms with Crippen LogP contribution in [-0.2, 0) is 9.53 Å². The summed E-state index contributed by atoms with van der Waals surface area (Å²) in [5, 5.41) is 5.25. The molecule has 15 heavy (non-hydrogen) atoms. The van der Waals surface area contributed by atoms with Gasteiger partial charge in [-0.2, -0.15) is 0 Å². The second kappa shape index (κ2) is 4.08. The van der Waals surface area contributed by atoms with Gasteiger partial charge >= 0.3 is 6.09 Å². The van der Waals surface area contributed by atoms with Gasteiger partial charge in [-0.3, -0.25) is 4.79 Å². The highest BCUT2D eigenvalue weighted by Crippen LogP contribution is 2.12. The molecule has 1 saturated heterocycles. The molecule has 0 bridgehead atoms. The molecule has 1 fully saturated rings. The molecule has 0 spiro atoms. The third-order valence-electron chi connectivity index (χ3n) is 2.12. The van der Waals surface area contributed by atoms with E-state index in [2.05, 4.69) is 10.6 Å². The molecule has 0 aromatic rings. The van der Waals surface area contributed by atoms with Crippen LogP contribution >= 0.6 is 0 Å². The van der Waals surface area contributed by atoms with E-state index in [1.54, 1.807) is 20.8 Å². The Kier molecular flexibility index (Phi) is 3.21. The van der Waals surface area contributed by atoms with E-state index in [0.29, 0.717) is 0 Å². The van der Waals surface area contributed by atoms with Crippen molar-refractivity contribution in [1.82, 2.24) is 10.6 Å². The van der Waals surface area contributed by atoms with E-state index in [9.17, 15) is 9.59 Å². The minimum atomic E-state index is -0.541. The number of β-lactam (4-membered cyclic amide) rings is 1. The monoisotopic (exact) mass is 214 g/mol. The standard InChI is InChI=1S/C10H18N2O3/c1-5-6-7(8(13)11-6)12-9(14)15-10(2,3)4/h6-7H,5H2,1-4H3,(H,11,13)(H,12,14)/t6-,7+/m1/s1. The molecule has 5 heteroatoms. The molecule has 0 unspecified atom stereocenters. The van der Waals surface area contributed by atoms with E-state index in [1.807, 2.05) is 6.92 Å². The second-order valence-corrected chi connectivity index (χ2v) is 4.65. The van der Waals surface area contributed by atoms with E-state index in [0.717, 1.165) is 6.42 Å². The summed E-state index contributed by atoms with van der Waals surface area (Å²) in [6.45, 7) is 7.30. The average molecular weight is 214 g/mol. The first kappa shape index (κ1) is 11.8. The van der Waals surface area contributed by atoms with Crippen LogP contribution in [0.2, 0.25) is 0 Å². The van der Waals surface area contributed by atoms with E-state index < -0.39 is 17.7 Å². The highest BCUT2D eigenvalue weighted by molar-refractivity contribution is 5.92. The molecular formula is C10H18N2O3. The second-order valence-electron chi connectivity index (χ2n) is 4.65. The summed E-state index contributed by atoms with van der Waals surface area (Å²) >= 11 is 0. The Bertz CT molecular complexity index is 270. The Morgan fingerprint density at radius 3 is 2.53 bits per heavy atom. The summed E-state index contributed by atoms with van der Waals surface area (Å²) in [6.07, 6.45) is 0.257. The molecule has 5 nitrogen and oxygen atoms in total. The quantitative estimate of drug-likeness (QED) is 0.668. The maximum Gasteiger partial charge on any atom is 0.408 e. The molecule has 2 atom stereocenters. The summed E-state index contributed by atoms with van der Waals surface area (Å²) in [4.78, 5) is 22.5. The van der Waals surface area contributed by atoms with Crippen LogP contribution in [0.3, 0.4) is 0 Å². The zero-order chi connectivity index (χ0) is 11.6. The summed E-state index contributed by atoms with van der Waals surface area (Å²) in [5.41, 5.74) is -0.536. The number of nitrogens with one attached hydrogen (secondary N) is 2. The first-order valence-electron chi connectivity index (χ1n) is 5.13. The molecular weight excluding hydrogens is 196 g/mol. The summed E-state index contributed by atoms with van der Waals surface area (Å²) in [7, 11) is 0. The summed E-state index contributed by atoms with van der Waals surface area (Å²) < 4.78 is 5.06. The fraction of sp³-hybridized carbons (Fsp3) is 0.800. The van der Waals surface area contributed by atoms with Crippen LogP contribution in [0.1, 0.15) is 34.1 Å². The predicted molar refractivity (Wildman–Crippen MR) is 55.4 cm³/mol. The topological polar surface area (TPSA) is 67.4 Å². The Hall–Kier alpha value is -1.26. The molecule has 2 N–H and O–H groups in total. The van der Waals surface area contributed by atoms with Crippen molar-refractivity contribution in [3.63, 3.8) is 0 Å². The zero-order valence-electron chi connectivity index (χ0n) is 9.59. The minimum Gasteiger partial charge on any atom is -0.444 e. The Morgan fingerprint density at radius 2 is 2.13 bits per heavy atom. The highest BCUT2D eigenvalue weighted by Gasteiger charge is 2.39. The van der Waals surface area contributed by atoms with Crippen molar-refractivity contribution in [1.29, 1.82) is 0 Å². The molecule has 0 aromatic carbocycles. The molecule has 1 aliphatic heterocycles. The van der Waals surface area contributed by atoms with Gasteiger partial charge in [0.25, 0.3) is 0 Å². The number of amides is 2. The summed E-state index contributed by atoms with van der Waals surface area (Å²) in [5.74, 6) is -0.146. The third-order valence-corrected chi connectivity index (χ3v) is 2.12. The smallest absolute Gasteiger partial charge is 0.408 e. The molecule has 0 aliphatic carbocycles. The van der Waals surface area contributed by atoms with Crippen LogP contribution in [0.25, 0.3) is 0 Å². The molecule has 86 valence electrons. The van der Waals surface area contributed by atoms with E-state index >= 15 is 0 Å². The van der Waals surface area contributed by atoms with Gasteiger partial charge in [0, 0.05) is 0 Å². The van der Waals surface area contributed by atoms with Crippen molar-refractivity contribution in [2.75, 3.05) is 0 Å². The van der Waals surface area contributed by atoms with Crippen molar-refractivity contribution < 1.29 is 14.3 Å². The number of alkyl carbamates (subject to hydrolysis) is 1. The van der Waals surface area contributed by atoms with E-state index in [1.165, 1.54) is 0 Å². The lowest BCUT2D eigenvalue weighted by Crippen LogP contribution is -2.69. The van der Waals surface area contributed by atoms with Crippen molar-refractivity contribution in [3.8, 4) is 0 Å². The maximum atomic E-state index is 11.4. The highest BCUT2D eigenvalue weighted by atomic mass is 16.6. The molecule has 2 amide bonds. The first-order valence-corrected chi connectivity index (χ1v) is 5.13. The number of hydrogen-bond donors (Lipinski definition) is 2. The number of rotatable bonds is 2. The lowest BCUT2D eigenvalue weighted by atomic mass is 9.97. The van der Waals surface area contributed by atoms with Crippen molar-refractivity contribution in [2.24, 2.45) is 0 Å². The van der Waals surface area contributed by atoms with Crippen LogP contribution in [0.15, 0.2) is 0 Å². The van der Waals surface area contributed by atoms with Gasteiger partial charge in [-0.05, 0) is 27.2 Å². The van der Waals surface area contributed by atoms with Crippen LogP contribution in [0, 0.1) is 0 Å². The largest absolute Gasteiger partial charge is 0.444 e. The minimum absolute atomic E-state index is 0.0324. The molecule has 1 heterocycles. The normalized spacial score (nSPS) is 25.2. The average Bonchev–Trinajstić information content (AvgIpc) is 2.07. The van der Waals surface area contributed by atoms with Gasteiger partial charge < -0.3 is 15.4 Å². The number of carbonyl (C=O) groups is 2. The Labute approximate surface area is 89.6 Å². The van der Waals surface area contributed by atoms with Crippen molar-refractivity contribution in [3.05, 3.63) is 0 Å². The predicted octanol–water partition coefficient (Wildman–Crippen LogP) is 0.788. The SMILES string of the molecule is CC[C@H]1NC(=O)[C@H]1NC(=O)OC(C)(C)C. The molecule has 1 rings (SSSR count). The van der Waals surface area contributed by atoms with Gasteiger partial charge in [0.05, 0.1) is 6.04 Å². The maximum absolute atomic E-state index is 11.4. The van der Waals surface area contributed by atoms with Gasteiger partial charge in [-0.25, -0.2) is 4.79 Å². The van der Waals surface area contributed by atoms with Gasteiger partial charge in [-0.1, -0.05) is 6.92 Å². The Morgan fingerprint density at radius 1 is 1.53 bits per heavy atom. The van der Waals surface area contributed by atoms with Gasteiger partial charge in [0.15, 0.2) is 0 Å². The van der Waals surface area contributed by atoms with Crippen LogP contribution in [0.5, 0.6) is 0 Å². The molecule has 0 aromatic heterocycles. The first-order chi connectivity index (χ1) is 6.83. The lowest BCUT2D eigenvalue weighted by molar-refractivity contribution is -0.131. The molecule has 0 saturated carbocycles. The van der Waals surface area contributed by atoms with Crippen molar-refractivity contribution >= 4 is 12.0 Å². The zero-order valence-corrected chi connectivity index (χ0v) is 9.59. The fourth-order valence-corrected chi connectivity index (χ4v) is 1.38. The van der Waals surface area contributed by atoms with Crippen LogP contribution < -0.4 is 10.6 Å². The van der Waals surface area contributed by atoms with Gasteiger partial charge in [0.1, 0.15) is 11.6 Å². The molecule has 0 radical (unpaired) electrons. The van der Waals surface area contributed by atoms with E-state index in [-0.39, 0.29) is 11.9 Å². The van der Waals surface area contributed by atoms with Crippen molar-refractivity contribution in [2.45, 2.75) is 51.8 Å². The van der Waals surface area contributed by atoms with Gasteiger partial charge in [0.2, 0.25) is 5.91 Å². The number of ether oxygens (including phenoxy) is 1. The Balaban J connectivity index is 2.41. The number of carbonyl (C=O) groups excluding carboxylic acids is 2. The lowest BCUT2D eigenvalue weighted by Gasteiger charge is -2.36. The molecule has 1 aliphatic rings. The number of hydrogen-bond acceptors (Lipinski definition) is 3. The van der Waals surface area contributed by atoms with Gasteiger partial charge in [-0.15, -0.1) is 0 Å². The summed E-state index contributed by atoms with van der Waals surface area (Å²) in [6, 6.07) is -0.408. The van der Waals surface area contributed by atoms with E-state index in [4.69, 9.17) is 4.74 Å².